The lowest BCUT2D eigenvalue weighted by atomic mass is 10.2. The first kappa shape index (κ1) is 16.0. The van der Waals surface area contributed by atoms with Crippen molar-refractivity contribution in [3.63, 3.8) is 0 Å². The van der Waals surface area contributed by atoms with Crippen LogP contribution in [0.15, 0.2) is 45.3 Å². The van der Waals surface area contributed by atoms with Gasteiger partial charge in [0.2, 0.25) is 0 Å². The van der Waals surface area contributed by atoms with Crippen molar-refractivity contribution < 1.29 is 13.9 Å². The lowest BCUT2D eigenvalue weighted by molar-refractivity contribution is -0.118. The summed E-state index contributed by atoms with van der Waals surface area (Å²) < 4.78 is 19.6. The molecule has 0 aliphatic carbocycles. The second kappa shape index (κ2) is 7.04. The molecule has 6 heteroatoms. The third-order valence-corrected chi connectivity index (χ3v) is 3.93. The van der Waals surface area contributed by atoms with E-state index in [2.05, 4.69) is 37.2 Å². The second-order valence-corrected chi connectivity index (χ2v) is 6.10. The number of ether oxygens (including phenoxy) is 1. The van der Waals surface area contributed by atoms with Crippen LogP contribution >= 0.6 is 31.9 Å². The van der Waals surface area contributed by atoms with Gasteiger partial charge in [-0.3, -0.25) is 4.79 Å². The lowest BCUT2D eigenvalue weighted by Gasteiger charge is -2.10. The Kier molecular flexibility index (Phi) is 5.36. The number of halogens is 3. The smallest absolute Gasteiger partial charge is 0.262 e. The number of anilines is 1. The molecule has 0 bridgehead atoms. The first-order chi connectivity index (χ1) is 9.95. The summed E-state index contributed by atoms with van der Waals surface area (Å²) in [6, 6.07) is 9.64. The maximum Gasteiger partial charge on any atom is 0.262 e. The topological polar surface area (TPSA) is 38.3 Å². The van der Waals surface area contributed by atoms with Crippen LogP contribution in [-0.4, -0.2) is 12.5 Å². The predicted octanol–water partition coefficient (Wildman–Crippen LogP) is 4.68. The molecule has 2 aromatic rings. The molecule has 21 heavy (non-hydrogen) atoms. The van der Waals surface area contributed by atoms with Gasteiger partial charge in [0.1, 0.15) is 11.6 Å². The average molecular weight is 417 g/mol. The van der Waals surface area contributed by atoms with Crippen LogP contribution in [0.25, 0.3) is 0 Å². The van der Waals surface area contributed by atoms with Gasteiger partial charge in [0.05, 0.1) is 10.2 Å². The molecule has 2 aromatic carbocycles. The Labute approximate surface area is 138 Å². The molecule has 110 valence electrons. The highest BCUT2D eigenvalue weighted by atomic mass is 79.9. The Morgan fingerprint density at radius 2 is 1.95 bits per heavy atom. The van der Waals surface area contributed by atoms with Crippen molar-refractivity contribution in [1.29, 1.82) is 0 Å². The maximum atomic E-state index is 12.9. The summed E-state index contributed by atoms with van der Waals surface area (Å²) in [5, 5.41) is 2.74. The van der Waals surface area contributed by atoms with E-state index in [-0.39, 0.29) is 18.3 Å². The van der Waals surface area contributed by atoms with Crippen LogP contribution in [0.5, 0.6) is 5.75 Å². The Hall–Kier alpha value is -1.40. The van der Waals surface area contributed by atoms with Crippen molar-refractivity contribution in [2.24, 2.45) is 0 Å². The number of rotatable bonds is 4. The number of benzene rings is 2. The summed E-state index contributed by atoms with van der Waals surface area (Å²) in [6.45, 7) is 1.80. The van der Waals surface area contributed by atoms with Gasteiger partial charge < -0.3 is 10.1 Å². The molecule has 0 heterocycles. The van der Waals surface area contributed by atoms with E-state index in [4.69, 9.17) is 4.74 Å². The van der Waals surface area contributed by atoms with Crippen molar-refractivity contribution in [2.45, 2.75) is 6.92 Å². The molecule has 3 nitrogen and oxygen atoms in total. The number of nitrogens with one attached hydrogen (secondary N) is 1. The molecule has 0 saturated heterocycles. The summed E-state index contributed by atoms with van der Waals surface area (Å²) in [7, 11) is 0. The van der Waals surface area contributed by atoms with Gasteiger partial charge in [-0.05, 0) is 74.7 Å². The van der Waals surface area contributed by atoms with E-state index < -0.39 is 0 Å². The molecule has 0 fully saturated rings. The first-order valence-electron chi connectivity index (χ1n) is 6.09. The SMILES string of the molecule is Cc1ccc(NC(=O)COc2ccc(F)cc2Br)c(Br)c1. The summed E-state index contributed by atoms with van der Waals surface area (Å²) in [5.41, 5.74) is 1.76. The van der Waals surface area contributed by atoms with Crippen molar-refractivity contribution in [3.8, 4) is 5.75 Å². The molecule has 0 saturated carbocycles. The minimum absolute atomic E-state index is 0.162. The molecule has 0 aliphatic heterocycles. The van der Waals surface area contributed by atoms with Crippen molar-refractivity contribution >= 4 is 43.5 Å². The van der Waals surface area contributed by atoms with Gasteiger partial charge in [0, 0.05) is 4.47 Å². The average Bonchev–Trinajstić information content (AvgIpc) is 2.41. The highest BCUT2D eigenvalue weighted by Gasteiger charge is 2.08. The van der Waals surface area contributed by atoms with Crippen LogP contribution in [0.4, 0.5) is 10.1 Å². The van der Waals surface area contributed by atoms with Gasteiger partial charge >= 0.3 is 0 Å². The Balaban J connectivity index is 1.96. The number of hydrogen-bond donors (Lipinski definition) is 1. The molecule has 0 unspecified atom stereocenters. The molecule has 0 aliphatic rings. The fourth-order valence-corrected chi connectivity index (χ4v) is 2.70. The van der Waals surface area contributed by atoms with Gasteiger partial charge in [0.15, 0.2) is 6.61 Å². The third kappa shape index (κ3) is 4.54. The van der Waals surface area contributed by atoms with Crippen LogP contribution in [0.1, 0.15) is 5.56 Å². The molecule has 0 aromatic heterocycles. The van der Waals surface area contributed by atoms with E-state index in [0.29, 0.717) is 15.9 Å². The lowest BCUT2D eigenvalue weighted by Crippen LogP contribution is -2.20. The molecule has 0 radical (unpaired) electrons. The zero-order valence-corrected chi connectivity index (χ0v) is 14.3. The number of amides is 1. The molecule has 2 rings (SSSR count). The fourth-order valence-electron chi connectivity index (χ4n) is 1.64. The van der Waals surface area contributed by atoms with Crippen LogP contribution in [0.3, 0.4) is 0 Å². The quantitative estimate of drug-likeness (QED) is 0.785. The van der Waals surface area contributed by atoms with Crippen molar-refractivity contribution in [3.05, 3.63) is 56.7 Å². The van der Waals surface area contributed by atoms with Gasteiger partial charge in [-0.1, -0.05) is 6.07 Å². The Morgan fingerprint density at radius 3 is 2.62 bits per heavy atom. The fraction of sp³-hybridized carbons (Fsp3) is 0.133. The van der Waals surface area contributed by atoms with Crippen LogP contribution in [0.2, 0.25) is 0 Å². The van der Waals surface area contributed by atoms with Crippen LogP contribution in [-0.2, 0) is 4.79 Å². The van der Waals surface area contributed by atoms with Crippen molar-refractivity contribution in [1.82, 2.24) is 0 Å². The molecular formula is C15H12Br2FNO2. The number of aryl methyl sites for hydroxylation is 1. The standard InChI is InChI=1S/C15H12Br2FNO2/c1-9-2-4-13(11(16)6-9)19-15(20)8-21-14-5-3-10(18)7-12(14)17/h2-7H,8H2,1H3,(H,19,20). The molecule has 1 N–H and O–H groups in total. The molecule has 0 spiro atoms. The monoisotopic (exact) mass is 415 g/mol. The van der Waals surface area contributed by atoms with Crippen LogP contribution in [0, 0.1) is 12.7 Å². The molecular weight excluding hydrogens is 405 g/mol. The zero-order valence-electron chi connectivity index (χ0n) is 11.1. The normalized spacial score (nSPS) is 10.3. The maximum absolute atomic E-state index is 12.9. The number of carbonyl (C=O) groups is 1. The summed E-state index contributed by atoms with van der Waals surface area (Å²) in [6.07, 6.45) is 0. The van der Waals surface area contributed by atoms with Crippen molar-refractivity contribution in [2.75, 3.05) is 11.9 Å². The molecule has 1 amide bonds. The summed E-state index contributed by atoms with van der Waals surface area (Å²) in [4.78, 5) is 11.9. The third-order valence-electron chi connectivity index (χ3n) is 2.65. The Morgan fingerprint density at radius 1 is 1.19 bits per heavy atom. The second-order valence-electron chi connectivity index (χ2n) is 4.39. The molecule has 0 atom stereocenters. The zero-order chi connectivity index (χ0) is 15.4. The van der Waals surface area contributed by atoms with E-state index in [1.807, 2.05) is 25.1 Å². The highest BCUT2D eigenvalue weighted by molar-refractivity contribution is 9.11. The Bertz CT molecular complexity index is 677. The highest BCUT2D eigenvalue weighted by Crippen LogP contribution is 2.26. The van der Waals surface area contributed by atoms with E-state index in [1.165, 1.54) is 18.2 Å². The first-order valence-corrected chi connectivity index (χ1v) is 7.68. The van der Waals surface area contributed by atoms with Crippen LogP contribution < -0.4 is 10.1 Å². The van der Waals surface area contributed by atoms with E-state index in [1.54, 1.807) is 0 Å². The largest absolute Gasteiger partial charge is 0.483 e. The van der Waals surface area contributed by atoms with E-state index >= 15 is 0 Å². The number of hydrogen-bond acceptors (Lipinski definition) is 2. The van der Waals surface area contributed by atoms with Gasteiger partial charge in [0.25, 0.3) is 5.91 Å². The van der Waals surface area contributed by atoms with Gasteiger partial charge in [-0.2, -0.15) is 0 Å². The minimum Gasteiger partial charge on any atom is -0.483 e. The van der Waals surface area contributed by atoms with E-state index in [0.717, 1.165) is 10.0 Å². The predicted molar refractivity (Wildman–Crippen MR) is 87.1 cm³/mol. The van der Waals surface area contributed by atoms with Gasteiger partial charge in [-0.25, -0.2) is 4.39 Å². The summed E-state index contributed by atoms with van der Waals surface area (Å²) >= 11 is 6.57. The minimum atomic E-state index is -0.373. The number of carbonyl (C=O) groups excluding carboxylic acids is 1. The summed E-state index contributed by atoms with van der Waals surface area (Å²) in [5.74, 6) is -0.257. The van der Waals surface area contributed by atoms with Gasteiger partial charge in [-0.15, -0.1) is 0 Å². The van der Waals surface area contributed by atoms with E-state index in [9.17, 15) is 9.18 Å².